The molecule has 0 atom stereocenters. The van der Waals surface area contributed by atoms with Crippen LogP contribution in [-0.2, 0) is 10.0 Å². The molecule has 1 N–H and O–H groups in total. The molecule has 8 heteroatoms. The molecule has 0 aliphatic carbocycles. The summed E-state index contributed by atoms with van der Waals surface area (Å²) < 4.78 is 38.6. The van der Waals surface area contributed by atoms with Crippen LogP contribution in [0.3, 0.4) is 0 Å². The van der Waals surface area contributed by atoms with E-state index in [1.807, 2.05) is 0 Å². The lowest BCUT2D eigenvalue weighted by Gasteiger charge is -2.08. The topological polar surface area (TPSA) is 89.3 Å². The molecule has 2 aromatic rings. The summed E-state index contributed by atoms with van der Waals surface area (Å²) in [6.45, 7) is 4.47. The lowest BCUT2D eigenvalue weighted by molar-refractivity contribution is 0.0697. The van der Waals surface area contributed by atoms with E-state index in [0.717, 1.165) is 10.2 Å². The van der Waals surface area contributed by atoms with E-state index in [0.29, 0.717) is 0 Å². The van der Waals surface area contributed by atoms with Gasteiger partial charge in [-0.1, -0.05) is 0 Å². The Balaban J connectivity index is 2.62. The Labute approximate surface area is 127 Å². The van der Waals surface area contributed by atoms with Crippen LogP contribution >= 0.6 is 0 Å². The maximum atomic E-state index is 13.7. The van der Waals surface area contributed by atoms with Crippen molar-refractivity contribution in [3.05, 3.63) is 41.5 Å². The number of hydrogen-bond acceptors (Lipinski definition) is 4. The van der Waals surface area contributed by atoms with Crippen LogP contribution in [0.1, 0.15) is 29.8 Å². The van der Waals surface area contributed by atoms with Gasteiger partial charge in [0.1, 0.15) is 5.82 Å². The van der Waals surface area contributed by atoms with Crippen LogP contribution in [0.25, 0.3) is 11.1 Å². The van der Waals surface area contributed by atoms with Crippen molar-refractivity contribution in [1.29, 1.82) is 0 Å². The number of aryl methyl sites for hydroxylation is 1. The summed E-state index contributed by atoms with van der Waals surface area (Å²) >= 11 is 0. The fourth-order valence-electron chi connectivity index (χ4n) is 1.90. The Morgan fingerprint density at radius 1 is 1.36 bits per heavy atom. The molecule has 22 heavy (non-hydrogen) atoms. The van der Waals surface area contributed by atoms with Gasteiger partial charge in [-0.15, -0.1) is 0 Å². The van der Waals surface area contributed by atoms with Gasteiger partial charge in [0.2, 0.25) is 0 Å². The predicted molar refractivity (Wildman–Crippen MR) is 78.8 cm³/mol. The standard InChI is InChI=1S/C14H15FN2O4S/c1-8(2)22(20,21)17-7-10(6-16-17)11-5-13(15)9(3)4-12(11)14(18)19/h4-8H,1-3H3,(H,18,19). The number of benzene rings is 1. The van der Waals surface area contributed by atoms with Gasteiger partial charge in [-0.05, 0) is 38.5 Å². The third-order valence-corrected chi connectivity index (χ3v) is 5.17. The van der Waals surface area contributed by atoms with Crippen LogP contribution in [0.15, 0.2) is 24.5 Å². The maximum Gasteiger partial charge on any atom is 0.336 e. The lowest BCUT2D eigenvalue weighted by atomic mass is 10.00. The summed E-state index contributed by atoms with van der Waals surface area (Å²) in [7, 11) is -3.65. The van der Waals surface area contributed by atoms with Crippen molar-refractivity contribution in [1.82, 2.24) is 9.19 Å². The zero-order chi connectivity index (χ0) is 16.7. The van der Waals surface area contributed by atoms with E-state index in [4.69, 9.17) is 0 Å². The van der Waals surface area contributed by atoms with E-state index < -0.39 is 27.1 Å². The maximum absolute atomic E-state index is 13.7. The highest BCUT2D eigenvalue weighted by molar-refractivity contribution is 7.90. The molecule has 0 spiro atoms. The zero-order valence-electron chi connectivity index (χ0n) is 12.2. The smallest absolute Gasteiger partial charge is 0.336 e. The fourth-order valence-corrected chi connectivity index (χ4v) is 2.77. The minimum atomic E-state index is -3.65. The van der Waals surface area contributed by atoms with Gasteiger partial charge in [-0.2, -0.15) is 9.19 Å². The van der Waals surface area contributed by atoms with Crippen molar-refractivity contribution in [3.8, 4) is 11.1 Å². The molecular weight excluding hydrogens is 311 g/mol. The molecule has 2 rings (SSSR count). The molecule has 0 bridgehead atoms. The Morgan fingerprint density at radius 3 is 2.55 bits per heavy atom. The average Bonchev–Trinajstić information content (AvgIpc) is 2.91. The Morgan fingerprint density at radius 2 is 2.00 bits per heavy atom. The second kappa shape index (κ2) is 5.53. The largest absolute Gasteiger partial charge is 0.478 e. The van der Waals surface area contributed by atoms with Gasteiger partial charge < -0.3 is 5.11 Å². The highest BCUT2D eigenvalue weighted by Crippen LogP contribution is 2.27. The zero-order valence-corrected chi connectivity index (χ0v) is 13.1. The third kappa shape index (κ3) is 2.74. The van der Waals surface area contributed by atoms with Crippen molar-refractivity contribution >= 4 is 16.0 Å². The Bertz CT molecular complexity index is 841. The van der Waals surface area contributed by atoms with Gasteiger partial charge in [0.05, 0.1) is 23.2 Å². The molecule has 0 unspecified atom stereocenters. The fraction of sp³-hybridized carbons (Fsp3) is 0.286. The SMILES string of the molecule is Cc1cc(C(=O)O)c(-c2cnn(S(=O)(=O)C(C)C)c2)cc1F. The van der Waals surface area contributed by atoms with E-state index >= 15 is 0 Å². The van der Waals surface area contributed by atoms with E-state index in [1.54, 1.807) is 0 Å². The molecule has 6 nitrogen and oxygen atoms in total. The van der Waals surface area contributed by atoms with Crippen molar-refractivity contribution in [2.75, 3.05) is 0 Å². The monoisotopic (exact) mass is 326 g/mol. The number of hydrogen-bond donors (Lipinski definition) is 1. The molecule has 118 valence electrons. The second-order valence-electron chi connectivity index (χ2n) is 5.15. The van der Waals surface area contributed by atoms with Crippen molar-refractivity contribution in [2.45, 2.75) is 26.0 Å². The molecule has 0 amide bonds. The molecule has 0 aliphatic heterocycles. The van der Waals surface area contributed by atoms with Crippen molar-refractivity contribution in [2.24, 2.45) is 0 Å². The second-order valence-corrected chi connectivity index (χ2v) is 7.49. The quantitative estimate of drug-likeness (QED) is 0.931. The van der Waals surface area contributed by atoms with Crippen molar-refractivity contribution < 1.29 is 22.7 Å². The number of halogens is 1. The molecule has 0 radical (unpaired) electrons. The molecule has 0 fully saturated rings. The van der Waals surface area contributed by atoms with Crippen LogP contribution in [0.5, 0.6) is 0 Å². The minimum absolute atomic E-state index is 0.0841. The first-order chi connectivity index (χ1) is 10.1. The molecule has 0 saturated heterocycles. The molecule has 1 heterocycles. The van der Waals surface area contributed by atoms with E-state index in [-0.39, 0.29) is 22.3 Å². The normalized spacial score (nSPS) is 11.9. The van der Waals surface area contributed by atoms with Gasteiger partial charge in [0, 0.05) is 11.1 Å². The Hall–Kier alpha value is -2.22. The Kier molecular flexibility index (Phi) is 4.06. The van der Waals surface area contributed by atoms with Crippen LogP contribution in [0.2, 0.25) is 0 Å². The molecule has 1 aromatic carbocycles. The van der Waals surface area contributed by atoms with Crippen LogP contribution < -0.4 is 0 Å². The van der Waals surface area contributed by atoms with E-state index in [2.05, 4.69) is 5.10 Å². The predicted octanol–water partition coefficient (Wildman–Crippen LogP) is 2.28. The van der Waals surface area contributed by atoms with E-state index in [1.165, 1.54) is 39.2 Å². The van der Waals surface area contributed by atoms with Gasteiger partial charge in [-0.3, -0.25) is 0 Å². The summed E-state index contributed by atoms with van der Waals surface area (Å²) in [6.07, 6.45) is 2.39. The van der Waals surface area contributed by atoms with Gasteiger partial charge in [-0.25, -0.2) is 17.6 Å². The first-order valence-electron chi connectivity index (χ1n) is 6.47. The summed E-state index contributed by atoms with van der Waals surface area (Å²) in [5.74, 6) is -1.79. The average molecular weight is 326 g/mol. The van der Waals surface area contributed by atoms with Gasteiger partial charge in [0.15, 0.2) is 0 Å². The number of carboxylic acid groups (broad SMARTS) is 1. The molecule has 0 aliphatic rings. The van der Waals surface area contributed by atoms with Crippen LogP contribution in [0.4, 0.5) is 4.39 Å². The summed E-state index contributed by atoms with van der Waals surface area (Å²) in [5.41, 5.74) is 0.394. The number of carboxylic acids is 1. The highest BCUT2D eigenvalue weighted by atomic mass is 32.2. The van der Waals surface area contributed by atoms with E-state index in [9.17, 15) is 22.7 Å². The number of aromatic carboxylic acids is 1. The first-order valence-corrected chi connectivity index (χ1v) is 7.97. The van der Waals surface area contributed by atoms with Crippen LogP contribution in [-0.4, -0.2) is 33.9 Å². The highest BCUT2D eigenvalue weighted by Gasteiger charge is 2.22. The summed E-state index contributed by atoms with van der Waals surface area (Å²) in [5, 5.41) is 12.3. The first kappa shape index (κ1) is 16.2. The summed E-state index contributed by atoms with van der Waals surface area (Å²) in [6, 6.07) is 2.28. The third-order valence-electron chi connectivity index (χ3n) is 3.26. The molecular formula is C14H15FN2O4S. The lowest BCUT2D eigenvalue weighted by Crippen LogP contribution is -2.22. The number of carbonyl (C=O) groups is 1. The number of aromatic nitrogens is 2. The van der Waals surface area contributed by atoms with Crippen LogP contribution in [0, 0.1) is 12.7 Å². The van der Waals surface area contributed by atoms with Gasteiger partial charge in [0.25, 0.3) is 10.0 Å². The van der Waals surface area contributed by atoms with Gasteiger partial charge >= 0.3 is 5.97 Å². The molecule has 1 aromatic heterocycles. The summed E-state index contributed by atoms with van der Waals surface area (Å²) in [4.78, 5) is 11.3. The number of rotatable bonds is 4. The number of nitrogens with zero attached hydrogens (tertiary/aromatic N) is 2. The molecule has 0 saturated carbocycles. The minimum Gasteiger partial charge on any atom is -0.478 e. The van der Waals surface area contributed by atoms with Crippen molar-refractivity contribution in [3.63, 3.8) is 0 Å².